The zero-order valence-electron chi connectivity index (χ0n) is 24.2. The standard InChI is InChI=1S/C21H38.C3H8.3C2H6/c1-9-14-17-20(7,13-5)21(8,16-11-3)18(6)19(12-4)15-10-2;1-3-2;3*1-2/h10,12,15,18H,2,4,9,11,13-14,16-17H2,1,3,5-8H3;3H2,1-2H3;3*1-2H3/b19-15+;;;;. The van der Waals surface area contributed by atoms with Gasteiger partial charge in [0.15, 0.2) is 0 Å². The Bertz CT molecular complexity index is 362. The molecule has 0 aromatic carbocycles. The summed E-state index contributed by atoms with van der Waals surface area (Å²) in [6, 6.07) is 0. The molecule has 0 rings (SSSR count). The summed E-state index contributed by atoms with van der Waals surface area (Å²) < 4.78 is 0. The van der Waals surface area contributed by atoms with Crippen molar-refractivity contribution in [2.24, 2.45) is 16.7 Å². The molecule has 30 heavy (non-hydrogen) atoms. The van der Waals surface area contributed by atoms with Crippen LogP contribution in [-0.2, 0) is 0 Å². The van der Waals surface area contributed by atoms with Gasteiger partial charge in [-0.05, 0) is 35.2 Å². The first-order chi connectivity index (χ1) is 14.3. The van der Waals surface area contributed by atoms with E-state index in [9.17, 15) is 0 Å². The molecule has 0 nitrogen and oxygen atoms in total. The highest BCUT2D eigenvalue weighted by Crippen LogP contribution is 2.55. The molecule has 0 heterocycles. The summed E-state index contributed by atoms with van der Waals surface area (Å²) in [6.45, 7) is 38.5. The van der Waals surface area contributed by atoms with Gasteiger partial charge in [0.25, 0.3) is 0 Å². The number of rotatable bonds is 11. The number of unbranched alkanes of at least 4 members (excludes halogenated alkanes) is 1. The van der Waals surface area contributed by atoms with Gasteiger partial charge in [0.05, 0.1) is 0 Å². The average molecular weight is 425 g/mol. The molecule has 0 aliphatic rings. The van der Waals surface area contributed by atoms with Crippen molar-refractivity contribution in [2.45, 2.75) is 142 Å². The van der Waals surface area contributed by atoms with Crippen LogP contribution in [0.5, 0.6) is 0 Å². The van der Waals surface area contributed by atoms with Gasteiger partial charge in [-0.3, -0.25) is 0 Å². The predicted molar refractivity (Wildman–Crippen MR) is 149 cm³/mol. The summed E-state index contributed by atoms with van der Waals surface area (Å²) in [5.41, 5.74) is 2.01. The zero-order valence-corrected chi connectivity index (χ0v) is 24.2. The highest BCUT2D eigenvalue weighted by molar-refractivity contribution is 5.26. The molecule has 0 spiro atoms. The third-order valence-electron chi connectivity index (χ3n) is 6.01. The fraction of sp³-hybridized carbons (Fsp3) is 0.800. The van der Waals surface area contributed by atoms with Gasteiger partial charge in [0.2, 0.25) is 0 Å². The summed E-state index contributed by atoms with van der Waals surface area (Å²) >= 11 is 0. The maximum absolute atomic E-state index is 4.03. The maximum Gasteiger partial charge on any atom is -0.0131 e. The first kappa shape index (κ1) is 39.7. The van der Waals surface area contributed by atoms with Crippen LogP contribution >= 0.6 is 0 Å². The monoisotopic (exact) mass is 425 g/mol. The second-order valence-corrected chi connectivity index (χ2v) is 7.72. The normalized spacial score (nSPS) is 14.8. The van der Waals surface area contributed by atoms with Crippen LogP contribution in [0.1, 0.15) is 142 Å². The molecule has 0 heteroatoms. The third-order valence-corrected chi connectivity index (χ3v) is 6.01. The van der Waals surface area contributed by atoms with Gasteiger partial charge in [-0.15, -0.1) is 0 Å². The molecule has 3 unspecified atom stereocenters. The molecule has 0 fully saturated rings. The van der Waals surface area contributed by atoms with Gasteiger partial charge >= 0.3 is 0 Å². The van der Waals surface area contributed by atoms with Gasteiger partial charge in [-0.2, -0.15) is 0 Å². The molecule has 0 saturated heterocycles. The summed E-state index contributed by atoms with van der Waals surface area (Å²) in [4.78, 5) is 0. The van der Waals surface area contributed by atoms with E-state index in [2.05, 4.69) is 74.6 Å². The molecule has 0 aromatic rings. The molecule has 0 aliphatic heterocycles. The van der Waals surface area contributed by atoms with Crippen molar-refractivity contribution in [2.75, 3.05) is 0 Å². The Morgan fingerprint density at radius 3 is 1.50 bits per heavy atom. The first-order valence-electron chi connectivity index (χ1n) is 13.2. The van der Waals surface area contributed by atoms with E-state index in [1.165, 1.54) is 50.5 Å². The Kier molecular flexibility index (Phi) is 37.3. The van der Waals surface area contributed by atoms with Crippen LogP contribution in [0.3, 0.4) is 0 Å². The molecule has 3 atom stereocenters. The van der Waals surface area contributed by atoms with Crippen molar-refractivity contribution in [3.63, 3.8) is 0 Å². The van der Waals surface area contributed by atoms with Crippen molar-refractivity contribution in [3.05, 3.63) is 37.0 Å². The van der Waals surface area contributed by atoms with E-state index in [1.807, 2.05) is 53.7 Å². The van der Waals surface area contributed by atoms with Crippen LogP contribution in [-0.4, -0.2) is 0 Å². The molecule has 0 N–H and O–H groups in total. The minimum atomic E-state index is 0.300. The van der Waals surface area contributed by atoms with Crippen molar-refractivity contribution < 1.29 is 0 Å². The lowest BCUT2D eigenvalue weighted by atomic mass is 9.53. The molecule has 0 amide bonds. The molecule has 0 radical (unpaired) electrons. The lowest BCUT2D eigenvalue weighted by molar-refractivity contribution is 0.00477. The van der Waals surface area contributed by atoms with Crippen molar-refractivity contribution in [3.8, 4) is 0 Å². The highest BCUT2D eigenvalue weighted by Gasteiger charge is 2.46. The van der Waals surface area contributed by atoms with Gasteiger partial charge in [-0.1, -0.05) is 160 Å². The molecular weight excluding hydrogens is 360 g/mol. The SMILES string of the molecule is C=C/C=C(\C=C)C(C)C(C)(CCC)C(C)(CC)CCCC.CC.CC.CC.CCC. The van der Waals surface area contributed by atoms with E-state index in [-0.39, 0.29) is 0 Å². The smallest absolute Gasteiger partial charge is 0.0131 e. The van der Waals surface area contributed by atoms with Gasteiger partial charge in [0, 0.05) is 0 Å². The third kappa shape index (κ3) is 15.1. The Hall–Kier alpha value is -0.780. The zero-order chi connectivity index (χ0) is 25.2. The Morgan fingerprint density at radius 1 is 0.800 bits per heavy atom. The fourth-order valence-electron chi connectivity index (χ4n) is 3.89. The number of hydrogen-bond acceptors (Lipinski definition) is 0. The molecule has 0 aromatic heterocycles. The van der Waals surface area contributed by atoms with Gasteiger partial charge < -0.3 is 0 Å². The lowest BCUT2D eigenvalue weighted by Gasteiger charge is -2.51. The van der Waals surface area contributed by atoms with Gasteiger partial charge in [0.1, 0.15) is 0 Å². The molecule has 0 saturated carbocycles. The molecule has 184 valence electrons. The second kappa shape index (κ2) is 28.2. The maximum atomic E-state index is 4.03. The highest BCUT2D eigenvalue weighted by atomic mass is 14.5. The van der Waals surface area contributed by atoms with E-state index in [0.29, 0.717) is 16.7 Å². The average Bonchev–Trinajstić information content (AvgIpc) is 2.79. The molecule has 0 bridgehead atoms. The minimum Gasteiger partial charge on any atom is -0.0991 e. The van der Waals surface area contributed by atoms with E-state index >= 15 is 0 Å². The minimum absolute atomic E-state index is 0.300. The fourth-order valence-corrected chi connectivity index (χ4v) is 3.89. The predicted octanol–water partition coefficient (Wildman–Crippen LogP) is 11.8. The Labute approximate surface area is 195 Å². The van der Waals surface area contributed by atoms with Crippen LogP contribution in [0, 0.1) is 16.7 Å². The van der Waals surface area contributed by atoms with Crippen LogP contribution in [0.4, 0.5) is 0 Å². The largest absolute Gasteiger partial charge is 0.0991 e. The van der Waals surface area contributed by atoms with Crippen molar-refractivity contribution in [1.82, 2.24) is 0 Å². The Balaban J connectivity index is -0.000000200. The van der Waals surface area contributed by atoms with Crippen LogP contribution in [0.2, 0.25) is 0 Å². The first-order valence-corrected chi connectivity index (χ1v) is 13.2. The molecular formula is C30H64. The van der Waals surface area contributed by atoms with Crippen molar-refractivity contribution >= 4 is 0 Å². The van der Waals surface area contributed by atoms with E-state index < -0.39 is 0 Å². The van der Waals surface area contributed by atoms with E-state index in [0.717, 1.165) is 0 Å². The topological polar surface area (TPSA) is 0 Å². The van der Waals surface area contributed by atoms with Gasteiger partial charge in [-0.25, -0.2) is 0 Å². The Morgan fingerprint density at radius 2 is 1.23 bits per heavy atom. The van der Waals surface area contributed by atoms with Crippen molar-refractivity contribution in [1.29, 1.82) is 0 Å². The summed E-state index contributed by atoms with van der Waals surface area (Å²) in [6.07, 6.45) is 15.0. The number of hydrogen-bond donors (Lipinski definition) is 0. The van der Waals surface area contributed by atoms with Crippen LogP contribution in [0.15, 0.2) is 37.0 Å². The van der Waals surface area contributed by atoms with Crippen LogP contribution < -0.4 is 0 Å². The van der Waals surface area contributed by atoms with Crippen LogP contribution in [0.25, 0.3) is 0 Å². The summed E-state index contributed by atoms with van der Waals surface area (Å²) in [5, 5.41) is 0. The summed E-state index contributed by atoms with van der Waals surface area (Å²) in [5.74, 6) is 0.509. The lowest BCUT2D eigenvalue weighted by Crippen LogP contribution is -2.43. The molecule has 0 aliphatic carbocycles. The van der Waals surface area contributed by atoms with E-state index in [4.69, 9.17) is 0 Å². The number of allylic oxidation sites excluding steroid dienone is 4. The second-order valence-electron chi connectivity index (χ2n) is 7.72. The van der Waals surface area contributed by atoms with E-state index in [1.54, 1.807) is 0 Å². The summed E-state index contributed by atoms with van der Waals surface area (Å²) in [7, 11) is 0. The quantitative estimate of drug-likeness (QED) is 0.289.